The van der Waals surface area contributed by atoms with Crippen LogP contribution in [0.4, 0.5) is 10.5 Å². The molecule has 3 rings (SSSR count). The van der Waals surface area contributed by atoms with Gasteiger partial charge in [0.05, 0.1) is 22.6 Å². The molecule has 0 saturated heterocycles. The van der Waals surface area contributed by atoms with Gasteiger partial charge in [0.25, 0.3) is 0 Å². The van der Waals surface area contributed by atoms with Crippen LogP contribution in [-0.2, 0) is 19.6 Å². The zero-order valence-corrected chi connectivity index (χ0v) is 31.9. The molecule has 0 atom stereocenters. The Kier molecular flexibility index (Phi) is 18.9. The molecular weight excluding hydrogens is 675 g/mol. The maximum Gasteiger partial charge on any atom is 0.407 e. The highest BCUT2D eigenvalue weighted by Gasteiger charge is 2.16. The monoisotopic (exact) mass is 733 g/mol. The molecule has 286 valence electrons. The van der Waals surface area contributed by atoms with E-state index in [0.717, 1.165) is 55.3 Å². The fraction of sp³-hybridized carbons (Fsp3) is 0.611. The van der Waals surface area contributed by atoms with Gasteiger partial charge in [-0.2, -0.15) is 0 Å². The largest absolute Gasteiger partial charge is 0.748 e. The second-order valence-electron chi connectivity index (χ2n) is 13.4. The first-order valence-electron chi connectivity index (χ1n) is 17.9. The van der Waals surface area contributed by atoms with Gasteiger partial charge in [-0.05, 0) is 91.1 Å². The van der Waals surface area contributed by atoms with Gasteiger partial charge in [-0.1, -0.05) is 12.8 Å². The number of unbranched alkanes of at least 4 members (excludes halogenated alkanes) is 4. The average molecular weight is 734 g/mol. The molecular formula is C36H59N7O7S. The van der Waals surface area contributed by atoms with Crippen molar-refractivity contribution in [2.45, 2.75) is 84.7 Å². The van der Waals surface area contributed by atoms with Crippen molar-refractivity contribution in [3.63, 3.8) is 0 Å². The molecule has 1 aliphatic heterocycles. The van der Waals surface area contributed by atoms with Gasteiger partial charge in [0, 0.05) is 49.8 Å². The molecule has 0 unspecified atom stereocenters. The predicted molar refractivity (Wildman–Crippen MR) is 201 cm³/mol. The van der Waals surface area contributed by atoms with Gasteiger partial charge in [0.15, 0.2) is 17.9 Å². The molecule has 0 radical (unpaired) electrons. The number of hydrogen-bond acceptors (Lipinski definition) is 11. The summed E-state index contributed by atoms with van der Waals surface area (Å²) in [7, 11) is -2.30. The van der Waals surface area contributed by atoms with E-state index in [2.05, 4.69) is 10.6 Å². The van der Waals surface area contributed by atoms with Gasteiger partial charge < -0.3 is 40.7 Å². The van der Waals surface area contributed by atoms with Crippen LogP contribution in [0.15, 0.2) is 40.8 Å². The number of benzene rings is 2. The number of carbonyl (C=O) groups excluding carboxylic acids is 2. The summed E-state index contributed by atoms with van der Waals surface area (Å²) in [6.07, 6.45) is 6.25. The lowest BCUT2D eigenvalue weighted by Crippen LogP contribution is -2.33. The van der Waals surface area contributed by atoms with Crippen LogP contribution < -0.4 is 36.9 Å². The summed E-state index contributed by atoms with van der Waals surface area (Å²) in [6, 6.07) is 11.4. The number of rotatable bonds is 19. The number of fused-ring (bicyclic) bond motifs is 2. The van der Waals surface area contributed by atoms with Crippen LogP contribution in [0.5, 0.6) is 0 Å². The van der Waals surface area contributed by atoms with E-state index in [0.29, 0.717) is 69.1 Å². The molecule has 0 fully saturated rings. The van der Waals surface area contributed by atoms with Gasteiger partial charge in [-0.25, -0.2) is 22.8 Å². The first-order chi connectivity index (χ1) is 24.2. The summed E-state index contributed by atoms with van der Waals surface area (Å²) in [5, 5.41) is 6.56. The van der Waals surface area contributed by atoms with E-state index in [-0.39, 0.29) is 24.2 Å². The minimum atomic E-state index is -4.23. The van der Waals surface area contributed by atoms with Crippen LogP contribution in [0.1, 0.15) is 79.1 Å². The van der Waals surface area contributed by atoms with E-state index in [1.54, 1.807) is 0 Å². The summed E-state index contributed by atoms with van der Waals surface area (Å²) in [6.45, 7) is 11.9. The quantitative estimate of drug-likeness (QED) is 0.0608. The Labute approximate surface area is 303 Å². The van der Waals surface area contributed by atoms with Gasteiger partial charge >= 0.3 is 6.09 Å². The number of amides is 2. The van der Waals surface area contributed by atoms with Crippen molar-refractivity contribution in [2.24, 2.45) is 11.5 Å². The SMILES string of the molecule is CC(C)(C)OC(=O)NCCCCCN.CCN(CCCS(=O)(=O)[O-])c1ccc2nc3ccc(=[N+](C)CCC(=O)NCCCCCN)cc-3oc2c1. The fourth-order valence-corrected chi connectivity index (χ4v) is 5.53. The van der Waals surface area contributed by atoms with Crippen molar-refractivity contribution < 1.29 is 31.7 Å². The lowest BCUT2D eigenvalue weighted by atomic mass is 10.2. The number of aromatic nitrogens is 1. The van der Waals surface area contributed by atoms with Crippen molar-refractivity contribution in [3.05, 3.63) is 41.8 Å². The molecule has 0 spiro atoms. The molecule has 6 N–H and O–H groups in total. The fourth-order valence-electron chi connectivity index (χ4n) is 5.05. The number of nitrogens with one attached hydrogen (secondary N) is 2. The molecule has 1 heterocycles. The Balaban J connectivity index is 0.000000544. The molecule has 1 aliphatic carbocycles. The molecule has 2 amide bonds. The minimum Gasteiger partial charge on any atom is -0.748 e. The maximum atomic E-state index is 12.2. The summed E-state index contributed by atoms with van der Waals surface area (Å²) in [4.78, 5) is 30.0. The average Bonchev–Trinajstić information content (AvgIpc) is 3.06. The summed E-state index contributed by atoms with van der Waals surface area (Å²) in [5.41, 5.74) is 13.3. The summed E-state index contributed by atoms with van der Waals surface area (Å²) in [5.74, 6) is 0.262. The molecule has 1 aromatic carbocycles. The van der Waals surface area contributed by atoms with Gasteiger partial charge in [0.1, 0.15) is 23.9 Å². The number of nitrogens with two attached hydrogens (primary N) is 2. The second kappa shape index (κ2) is 22.2. The van der Waals surface area contributed by atoms with Gasteiger partial charge in [-0.15, -0.1) is 0 Å². The van der Waals surface area contributed by atoms with Crippen molar-refractivity contribution in [1.29, 1.82) is 0 Å². The molecule has 0 aromatic heterocycles. The Hall–Kier alpha value is -3.79. The molecule has 0 bridgehead atoms. The molecule has 15 heteroatoms. The molecule has 14 nitrogen and oxygen atoms in total. The van der Waals surface area contributed by atoms with Crippen LogP contribution in [0, 0.1) is 0 Å². The first-order valence-corrected chi connectivity index (χ1v) is 19.4. The van der Waals surface area contributed by atoms with Crippen molar-refractivity contribution >= 4 is 38.9 Å². The number of hydrogen-bond donors (Lipinski definition) is 4. The Morgan fingerprint density at radius 1 is 0.961 bits per heavy atom. The Bertz CT molecular complexity index is 1660. The third-order valence-electron chi connectivity index (χ3n) is 7.78. The number of alkyl carbamates (subject to hydrolysis) is 1. The van der Waals surface area contributed by atoms with E-state index < -0.39 is 15.7 Å². The smallest absolute Gasteiger partial charge is 0.407 e. The highest BCUT2D eigenvalue weighted by molar-refractivity contribution is 7.85. The van der Waals surface area contributed by atoms with Gasteiger partial charge in [-0.3, -0.25) is 4.79 Å². The van der Waals surface area contributed by atoms with Crippen LogP contribution in [0.25, 0.3) is 22.6 Å². The topological polar surface area (TPSA) is 209 Å². The zero-order chi connectivity index (χ0) is 37.9. The zero-order valence-electron chi connectivity index (χ0n) is 31.0. The summed E-state index contributed by atoms with van der Waals surface area (Å²) >= 11 is 0. The third kappa shape index (κ3) is 17.8. The highest BCUT2D eigenvalue weighted by Crippen LogP contribution is 2.27. The first kappa shape index (κ1) is 43.4. The summed E-state index contributed by atoms with van der Waals surface area (Å²) < 4.78 is 46.1. The molecule has 51 heavy (non-hydrogen) atoms. The number of anilines is 1. The van der Waals surface area contributed by atoms with E-state index in [4.69, 9.17) is 25.6 Å². The molecule has 0 saturated carbocycles. The third-order valence-corrected chi connectivity index (χ3v) is 8.57. The number of ether oxygens (including phenoxy) is 1. The Morgan fingerprint density at radius 3 is 2.24 bits per heavy atom. The van der Waals surface area contributed by atoms with Crippen LogP contribution in [0.2, 0.25) is 0 Å². The molecule has 2 aliphatic rings. The maximum absolute atomic E-state index is 12.2. The lowest BCUT2D eigenvalue weighted by Gasteiger charge is -2.23. The van der Waals surface area contributed by atoms with E-state index in [9.17, 15) is 22.6 Å². The highest BCUT2D eigenvalue weighted by atomic mass is 32.2. The normalized spacial score (nSPS) is 12.2. The van der Waals surface area contributed by atoms with Crippen LogP contribution in [0.3, 0.4) is 0 Å². The van der Waals surface area contributed by atoms with Gasteiger partial charge in [0.2, 0.25) is 11.3 Å². The molecule has 1 aromatic rings. The van der Waals surface area contributed by atoms with E-state index >= 15 is 0 Å². The minimum absolute atomic E-state index is 0.0265. The number of carbonyl (C=O) groups is 2. The van der Waals surface area contributed by atoms with Crippen molar-refractivity contribution in [2.75, 3.05) is 63.5 Å². The van der Waals surface area contributed by atoms with E-state index in [1.807, 2.05) is 80.6 Å². The second-order valence-corrected chi connectivity index (χ2v) is 14.9. The van der Waals surface area contributed by atoms with Crippen molar-refractivity contribution in [3.8, 4) is 11.5 Å². The van der Waals surface area contributed by atoms with Crippen LogP contribution in [-0.4, -0.2) is 94.2 Å². The Morgan fingerprint density at radius 2 is 1.63 bits per heavy atom. The van der Waals surface area contributed by atoms with Crippen molar-refractivity contribution in [1.82, 2.24) is 20.2 Å². The number of nitrogens with zero attached hydrogens (tertiary/aromatic N) is 3. The van der Waals surface area contributed by atoms with E-state index in [1.165, 1.54) is 0 Å². The predicted octanol–water partition coefficient (Wildman–Crippen LogP) is 3.37. The lowest BCUT2D eigenvalue weighted by molar-refractivity contribution is -0.121. The standard InChI is InChI=1S/C26H37N5O5S.C10H22N2O2/c1-3-31(15-7-17-37(33,34)35)21-9-11-23-25(19-21)36-24-18-20(8-10-22(24)29-23)30(2)16-12-26(32)28-14-6-4-5-13-27;1-10(2,3)14-9(13)12-8-6-4-5-7-11/h8-11,18-19H,3-7,12-17,27H2,1-2H3,(H-,28,32,33,34,35);4-8,11H2,1-3H3,(H,12,13). The van der Waals surface area contributed by atoms with Crippen LogP contribution >= 0.6 is 0 Å².